The molecule has 5 rings (SSSR count). The van der Waals surface area contributed by atoms with Gasteiger partial charge in [0.05, 0.1) is 24.4 Å². The average Bonchev–Trinajstić information content (AvgIpc) is 3.52. The molecule has 4 aliphatic rings. The first-order chi connectivity index (χ1) is 24.6. The van der Waals surface area contributed by atoms with E-state index >= 15 is 0 Å². The van der Waals surface area contributed by atoms with Crippen LogP contribution in [0, 0.1) is 16.7 Å². The van der Waals surface area contributed by atoms with E-state index in [1.807, 2.05) is 18.2 Å². The predicted octanol–water partition coefficient (Wildman–Crippen LogP) is 8.42. The van der Waals surface area contributed by atoms with Crippen molar-refractivity contribution in [3.63, 3.8) is 0 Å². The molecule has 9 nitrogen and oxygen atoms in total. The van der Waals surface area contributed by atoms with Gasteiger partial charge in [0.25, 0.3) is 0 Å². The van der Waals surface area contributed by atoms with Gasteiger partial charge in [0.2, 0.25) is 9.04 Å². The Kier molecular flexibility index (Phi) is 12.9. The maximum atomic E-state index is 14.0. The number of carbonyl (C=O) groups excluding carboxylic acids is 2. The van der Waals surface area contributed by atoms with Crippen LogP contribution in [0.4, 0.5) is 0 Å². The lowest BCUT2D eigenvalue weighted by Crippen LogP contribution is -2.75. The normalized spacial score (nSPS) is 34.1. The molecule has 11 heteroatoms. The molecule has 289 valence electrons. The van der Waals surface area contributed by atoms with Gasteiger partial charge in [-0.1, -0.05) is 66.3 Å². The lowest BCUT2D eigenvalue weighted by atomic mass is 9.49. The monoisotopic (exact) mass is 755 g/mol. The Morgan fingerprint density at radius 3 is 2.29 bits per heavy atom. The summed E-state index contributed by atoms with van der Waals surface area (Å²) >= 11 is 0. The highest BCUT2D eigenvalue weighted by Gasteiger charge is 2.72. The minimum atomic E-state index is -2.06. The number of fused-ring (bicyclic) bond motifs is 5. The van der Waals surface area contributed by atoms with Crippen LogP contribution in [-0.4, -0.2) is 84.9 Å². The van der Waals surface area contributed by atoms with Crippen LogP contribution in [0.1, 0.15) is 91.4 Å². The van der Waals surface area contributed by atoms with Crippen molar-refractivity contribution in [2.24, 2.45) is 16.7 Å². The van der Waals surface area contributed by atoms with Crippen LogP contribution in [0.3, 0.4) is 0 Å². The van der Waals surface area contributed by atoms with Gasteiger partial charge in [-0.15, -0.1) is 0 Å². The third kappa shape index (κ3) is 7.83. The lowest BCUT2D eigenvalue weighted by molar-refractivity contribution is -0.329. The molecule has 1 radical (unpaired) electrons. The average molecular weight is 756 g/mol. The van der Waals surface area contributed by atoms with E-state index in [1.165, 1.54) is 6.92 Å². The zero-order valence-electron chi connectivity index (χ0n) is 33.3. The molecule has 2 saturated carbocycles. The topological polar surface area (TPSA) is 98.8 Å². The number of benzene rings is 1. The smallest absolute Gasteiger partial charge is 0.338 e. The van der Waals surface area contributed by atoms with Gasteiger partial charge in [0, 0.05) is 24.9 Å². The molecule has 8 unspecified atom stereocenters. The van der Waals surface area contributed by atoms with Crippen LogP contribution in [0.25, 0.3) is 0 Å². The maximum absolute atomic E-state index is 14.0. The summed E-state index contributed by atoms with van der Waals surface area (Å²) in [5.74, 6) is -1.22. The number of hydrogen-bond donors (Lipinski definition) is 0. The lowest BCUT2D eigenvalue weighted by Gasteiger charge is -2.64. The van der Waals surface area contributed by atoms with Crippen LogP contribution in [0.2, 0.25) is 31.2 Å². The molecule has 2 saturated heterocycles. The fraction of sp³-hybridized carbons (Fsp3) is 0.707. The van der Waals surface area contributed by atoms with Gasteiger partial charge in [-0.25, -0.2) is 4.79 Å². The summed E-state index contributed by atoms with van der Waals surface area (Å²) < 4.78 is 46.6. The third-order valence-electron chi connectivity index (χ3n) is 12.6. The van der Waals surface area contributed by atoms with Crippen molar-refractivity contribution in [3.8, 4) is 0 Å². The first kappa shape index (κ1) is 41.0. The van der Waals surface area contributed by atoms with Crippen molar-refractivity contribution in [2.75, 3.05) is 13.2 Å². The molecular weight excluding hydrogens is 693 g/mol. The standard InChI is InChI=1S/C41H63O9Si2/c1-12-33-47-35-34(27(5)30(22-24-45-51(10)11)50-52(13-2,14-3)15-4)39(7,8)25-31(46-38(43)29-19-17-16-18-20-29)36-40(9,37(35)48-33)23-21-32-41(36,26-44-32)49-28(6)42/h12,16-20,30-33,35-37H,1,13-15,21-26H2,2-11H3/b34-27-/t30?,31?,32?,33?,35?,36?,37?,40-,41?/m1/s1. The second kappa shape index (κ2) is 16.3. The first-order valence-corrected chi connectivity index (χ1v) is 24.4. The second-order valence-corrected chi connectivity index (χ2v) is 23.3. The van der Waals surface area contributed by atoms with Crippen molar-refractivity contribution in [3.05, 3.63) is 59.7 Å². The van der Waals surface area contributed by atoms with Crippen LogP contribution in [-0.2, 0) is 37.3 Å². The quantitative estimate of drug-likeness (QED) is 0.105. The summed E-state index contributed by atoms with van der Waals surface area (Å²) in [6.45, 7) is 26.3. The van der Waals surface area contributed by atoms with Crippen LogP contribution in [0.5, 0.6) is 0 Å². The summed E-state index contributed by atoms with van der Waals surface area (Å²) in [6, 6.07) is 12.2. The van der Waals surface area contributed by atoms with E-state index in [1.54, 1.807) is 18.2 Å². The zero-order chi connectivity index (χ0) is 38.1. The number of esters is 2. The first-order valence-electron chi connectivity index (χ1n) is 19.4. The number of hydrogen-bond acceptors (Lipinski definition) is 9. The Hall–Kier alpha value is -2.13. The highest BCUT2D eigenvalue weighted by molar-refractivity contribution is 6.73. The predicted molar refractivity (Wildman–Crippen MR) is 206 cm³/mol. The SMILES string of the molecule is C=CC1OC2/C(=C(\C)C(CCO[Si](C)C)O[Si](CC)(CC)CC)C(C)(C)CC(OC(=O)c3ccccc3)C3C4(OC(C)=O)COC4CC[C@@]3(C)C2O1. The molecule has 0 N–H and O–H groups in total. The van der Waals surface area contributed by atoms with E-state index in [2.05, 4.69) is 68.1 Å². The Labute approximate surface area is 315 Å². The van der Waals surface area contributed by atoms with Crippen LogP contribution >= 0.6 is 0 Å². The Balaban J connectivity index is 1.71. The van der Waals surface area contributed by atoms with E-state index in [9.17, 15) is 9.59 Å². The molecule has 0 spiro atoms. The van der Waals surface area contributed by atoms with Crippen molar-refractivity contribution < 1.29 is 42.1 Å². The second-order valence-electron chi connectivity index (χ2n) is 16.5. The number of ether oxygens (including phenoxy) is 5. The molecule has 2 aliphatic heterocycles. The maximum Gasteiger partial charge on any atom is 0.338 e. The number of rotatable bonds is 14. The van der Waals surface area contributed by atoms with Gasteiger partial charge in [0.1, 0.15) is 18.3 Å². The van der Waals surface area contributed by atoms with Crippen molar-refractivity contribution in [2.45, 2.75) is 155 Å². The molecule has 0 amide bonds. The summed E-state index contributed by atoms with van der Waals surface area (Å²) in [4.78, 5) is 26.9. The highest BCUT2D eigenvalue weighted by atomic mass is 28.4. The largest absolute Gasteiger partial charge is 0.458 e. The molecule has 0 bridgehead atoms. The van der Waals surface area contributed by atoms with Gasteiger partial charge in [-0.3, -0.25) is 4.79 Å². The van der Waals surface area contributed by atoms with Gasteiger partial charge in [-0.2, -0.15) is 0 Å². The van der Waals surface area contributed by atoms with Crippen molar-refractivity contribution >= 4 is 29.3 Å². The van der Waals surface area contributed by atoms with Crippen LogP contribution < -0.4 is 0 Å². The molecule has 2 heterocycles. The molecule has 1 aromatic rings. The summed E-state index contributed by atoms with van der Waals surface area (Å²) in [5.41, 5.74) is 0.538. The van der Waals surface area contributed by atoms with Gasteiger partial charge in [-0.05, 0) is 98.6 Å². The Bertz CT molecular complexity index is 1450. The number of carbonyl (C=O) groups is 2. The molecule has 0 aromatic heterocycles. The van der Waals surface area contributed by atoms with E-state index in [0.29, 0.717) is 31.4 Å². The van der Waals surface area contributed by atoms with E-state index in [-0.39, 0.29) is 24.8 Å². The summed E-state index contributed by atoms with van der Waals surface area (Å²) in [5, 5.41) is 0. The van der Waals surface area contributed by atoms with E-state index in [4.69, 9.17) is 32.5 Å². The Morgan fingerprint density at radius 1 is 1.06 bits per heavy atom. The van der Waals surface area contributed by atoms with E-state index < -0.39 is 70.3 Å². The van der Waals surface area contributed by atoms with Gasteiger partial charge in [0.15, 0.2) is 20.2 Å². The minimum Gasteiger partial charge on any atom is -0.458 e. The molecule has 2 aliphatic carbocycles. The van der Waals surface area contributed by atoms with Crippen LogP contribution in [0.15, 0.2) is 54.1 Å². The summed E-state index contributed by atoms with van der Waals surface area (Å²) in [6.07, 6.45) is 1.64. The zero-order valence-corrected chi connectivity index (χ0v) is 35.3. The summed E-state index contributed by atoms with van der Waals surface area (Å²) in [7, 11) is -2.95. The molecule has 9 atom stereocenters. The van der Waals surface area contributed by atoms with Crippen molar-refractivity contribution in [1.29, 1.82) is 0 Å². The molecular formula is C41H63O9Si2. The molecule has 52 heavy (non-hydrogen) atoms. The van der Waals surface area contributed by atoms with Gasteiger partial charge < -0.3 is 32.5 Å². The highest BCUT2D eigenvalue weighted by Crippen LogP contribution is 2.63. The fourth-order valence-electron chi connectivity index (χ4n) is 9.89. The minimum absolute atomic E-state index is 0.175. The van der Waals surface area contributed by atoms with Crippen molar-refractivity contribution in [1.82, 2.24) is 0 Å². The fourth-order valence-corrected chi connectivity index (χ4v) is 13.3. The Morgan fingerprint density at radius 2 is 1.73 bits per heavy atom. The molecule has 4 fully saturated rings. The third-order valence-corrected chi connectivity index (χ3v) is 18.1. The van der Waals surface area contributed by atoms with Gasteiger partial charge >= 0.3 is 11.9 Å². The molecule has 1 aromatic carbocycles. The van der Waals surface area contributed by atoms with E-state index in [0.717, 1.165) is 35.7 Å².